The number of aromatic nitrogens is 1. The molecule has 3 nitrogen and oxygen atoms in total. The number of rotatable bonds is 5. The lowest BCUT2D eigenvalue weighted by Gasteiger charge is -2.33. The molecule has 1 aromatic heterocycles. The smallest absolute Gasteiger partial charge is 0.185 e. The first kappa shape index (κ1) is 13.8. The minimum atomic E-state index is 0.827. The summed E-state index contributed by atoms with van der Waals surface area (Å²) in [6.45, 7) is 11.2. The van der Waals surface area contributed by atoms with Crippen LogP contribution in [0.25, 0.3) is 0 Å². The molecule has 1 aliphatic rings. The number of nitrogens with zero attached hydrogens (tertiary/aromatic N) is 2. The first-order valence-electron chi connectivity index (χ1n) is 7.11. The summed E-state index contributed by atoms with van der Waals surface area (Å²) in [5, 5.41) is 4.57. The van der Waals surface area contributed by atoms with Crippen molar-refractivity contribution in [1.82, 2.24) is 10.3 Å². The molecule has 1 fully saturated rings. The number of anilines is 1. The Labute approximate surface area is 115 Å². The minimum absolute atomic E-state index is 0.827. The van der Waals surface area contributed by atoms with Crippen LogP contribution in [0.2, 0.25) is 0 Å². The van der Waals surface area contributed by atoms with E-state index in [4.69, 9.17) is 0 Å². The van der Waals surface area contributed by atoms with Crippen LogP contribution in [0.1, 0.15) is 38.5 Å². The fourth-order valence-electron chi connectivity index (χ4n) is 2.53. The summed E-state index contributed by atoms with van der Waals surface area (Å²) in [4.78, 5) is 8.37. The Morgan fingerprint density at radius 1 is 1.44 bits per heavy atom. The first-order chi connectivity index (χ1) is 8.70. The van der Waals surface area contributed by atoms with Gasteiger partial charge in [-0.1, -0.05) is 20.8 Å². The minimum Gasteiger partial charge on any atom is -0.348 e. The molecule has 0 spiro atoms. The Hall–Kier alpha value is -0.610. The standard InChI is InChI=1S/C14H25N3S/c1-4-15-9-13-10-16-14(18-13)17-7-5-12(6-8-17)11(2)3/h10-12,15H,4-9H2,1-3H3. The molecule has 0 aromatic carbocycles. The van der Waals surface area contributed by atoms with Gasteiger partial charge in [0.2, 0.25) is 0 Å². The van der Waals surface area contributed by atoms with Gasteiger partial charge >= 0.3 is 0 Å². The normalized spacial score (nSPS) is 17.7. The van der Waals surface area contributed by atoms with Gasteiger partial charge in [-0.25, -0.2) is 4.98 Å². The van der Waals surface area contributed by atoms with Gasteiger partial charge in [-0.05, 0) is 31.2 Å². The fourth-order valence-corrected chi connectivity index (χ4v) is 3.46. The van der Waals surface area contributed by atoms with Crippen molar-refractivity contribution >= 4 is 16.5 Å². The van der Waals surface area contributed by atoms with Crippen LogP contribution >= 0.6 is 11.3 Å². The van der Waals surface area contributed by atoms with E-state index < -0.39 is 0 Å². The lowest BCUT2D eigenvalue weighted by atomic mass is 9.87. The maximum Gasteiger partial charge on any atom is 0.185 e. The van der Waals surface area contributed by atoms with Gasteiger partial charge in [0.1, 0.15) is 0 Å². The summed E-state index contributed by atoms with van der Waals surface area (Å²) in [5.74, 6) is 1.73. The van der Waals surface area contributed by atoms with E-state index in [1.807, 2.05) is 17.5 Å². The quantitative estimate of drug-likeness (QED) is 0.888. The molecule has 2 rings (SSSR count). The van der Waals surface area contributed by atoms with Crippen LogP contribution in [0.4, 0.5) is 5.13 Å². The number of thiazole rings is 1. The molecule has 4 heteroatoms. The van der Waals surface area contributed by atoms with Gasteiger partial charge in [0.05, 0.1) is 0 Å². The highest BCUT2D eigenvalue weighted by molar-refractivity contribution is 7.15. The molecular weight excluding hydrogens is 242 g/mol. The fraction of sp³-hybridized carbons (Fsp3) is 0.786. The third kappa shape index (κ3) is 3.45. The molecule has 1 saturated heterocycles. The van der Waals surface area contributed by atoms with Crippen molar-refractivity contribution in [2.75, 3.05) is 24.5 Å². The van der Waals surface area contributed by atoms with Gasteiger partial charge in [0.25, 0.3) is 0 Å². The predicted molar refractivity (Wildman–Crippen MR) is 79.3 cm³/mol. The first-order valence-corrected chi connectivity index (χ1v) is 7.92. The van der Waals surface area contributed by atoms with Gasteiger partial charge in [0.15, 0.2) is 5.13 Å². The molecule has 0 amide bonds. The maximum absolute atomic E-state index is 4.57. The molecule has 102 valence electrons. The molecule has 0 saturated carbocycles. The topological polar surface area (TPSA) is 28.2 Å². The van der Waals surface area contributed by atoms with E-state index in [9.17, 15) is 0 Å². The zero-order valence-electron chi connectivity index (χ0n) is 11.8. The lowest BCUT2D eigenvalue weighted by molar-refractivity contribution is 0.311. The Bertz CT molecular complexity index is 354. The van der Waals surface area contributed by atoms with Crippen molar-refractivity contribution in [3.8, 4) is 0 Å². The number of nitrogens with one attached hydrogen (secondary N) is 1. The van der Waals surface area contributed by atoms with Gasteiger partial charge < -0.3 is 10.2 Å². The molecule has 0 unspecified atom stereocenters. The monoisotopic (exact) mass is 267 g/mol. The molecule has 1 aliphatic heterocycles. The van der Waals surface area contributed by atoms with E-state index in [0.29, 0.717) is 0 Å². The van der Waals surface area contributed by atoms with Crippen LogP contribution in [0.3, 0.4) is 0 Å². The van der Waals surface area contributed by atoms with Crippen LogP contribution in [0.15, 0.2) is 6.20 Å². The second-order valence-electron chi connectivity index (χ2n) is 5.46. The van der Waals surface area contributed by atoms with Gasteiger partial charge in [-0.3, -0.25) is 0 Å². The summed E-state index contributed by atoms with van der Waals surface area (Å²) in [5.41, 5.74) is 0. The van der Waals surface area contributed by atoms with E-state index >= 15 is 0 Å². The highest BCUT2D eigenvalue weighted by atomic mass is 32.1. The molecule has 0 radical (unpaired) electrons. The van der Waals surface area contributed by atoms with E-state index in [2.05, 4.69) is 36.0 Å². The van der Waals surface area contributed by atoms with Crippen molar-refractivity contribution in [3.05, 3.63) is 11.1 Å². The summed E-state index contributed by atoms with van der Waals surface area (Å²) in [7, 11) is 0. The summed E-state index contributed by atoms with van der Waals surface area (Å²) in [6, 6.07) is 0. The Morgan fingerprint density at radius 2 is 2.17 bits per heavy atom. The molecule has 0 bridgehead atoms. The summed E-state index contributed by atoms with van der Waals surface area (Å²) in [6.07, 6.45) is 4.66. The molecule has 0 aliphatic carbocycles. The zero-order chi connectivity index (χ0) is 13.0. The second-order valence-corrected chi connectivity index (χ2v) is 6.55. The second kappa shape index (κ2) is 6.53. The number of piperidine rings is 1. The Kier molecular flexibility index (Phi) is 5.01. The zero-order valence-corrected chi connectivity index (χ0v) is 12.6. The highest BCUT2D eigenvalue weighted by Crippen LogP contribution is 2.30. The number of hydrogen-bond acceptors (Lipinski definition) is 4. The van der Waals surface area contributed by atoms with Crippen LogP contribution in [0.5, 0.6) is 0 Å². The summed E-state index contributed by atoms with van der Waals surface area (Å²) >= 11 is 1.84. The van der Waals surface area contributed by atoms with Gasteiger partial charge in [0, 0.05) is 30.7 Å². The molecule has 0 atom stereocenters. The third-order valence-electron chi connectivity index (χ3n) is 3.84. The highest BCUT2D eigenvalue weighted by Gasteiger charge is 2.23. The lowest BCUT2D eigenvalue weighted by Crippen LogP contribution is -2.35. The molecule has 18 heavy (non-hydrogen) atoms. The van der Waals surface area contributed by atoms with E-state index in [1.165, 1.54) is 35.9 Å². The molecule has 2 heterocycles. The average molecular weight is 267 g/mol. The van der Waals surface area contributed by atoms with E-state index in [1.54, 1.807) is 0 Å². The van der Waals surface area contributed by atoms with Crippen LogP contribution in [-0.2, 0) is 6.54 Å². The van der Waals surface area contributed by atoms with Crippen molar-refractivity contribution < 1.29 is 0 Å². The Balaban J connectivity index is 1.87. The Morgan fingerprint density at radius 3 is 2.78 bits per heavy atom. The average Bonchev–Trinajstić information content (AvgIpc) is 2.85. The van der Waals surface area contributed by atoms with Crippen molar-refractivity contribution in [2.45, 2.75) is 40.2 Å². The van der Waals surface area contributed by atoms with Crippen LogP contribution in [0, 0.1) is 11.8 Å². The van der Waals surface area contributed by atoms with Crippen molar-refractivity contribution in [3.63, 3.8) is 0 Å². The van der Waals surface area contributed by atoms with Crippen LogP contribution in [-0.4, -0.2) is 24.6 Å². The maximum atomic E-state index is 4.57. The van der Waals surface area contributed by atoms with E-state index in [0.717, 1.165) is 24.9 Å². The number of hydrogen-bond donors (Lipinski definition) is 1. The van der Waals surface area contributed by atoms with Gasteiger partial charge in [-0.2, -0.15) is 0 Å². The molecular formula is C14H25N3S. The van der Waals surface area contributed by atoms with Gasteiger partial charge in [-0.15, -0.1) is 11.3 Å². The van der Waals surface area contributed by atoms with Crippen LogP contribution < -0.4 is 10.2 Å². The van der Waals surface area contributed by atoms with E-state index in [-0.39, 0.29) is 0 Å². The third-order valence-corrected chi connectivity index (χ3v) is 4.90. The largest absolute Gasteiger partial charge is 0.348 e. The molecule has 1 aromatic rings. The van der Waals surface area contributed by atoms with Crippen molar-refractivity contribution in [1.29, 1.82) is 0 Å². The summed E-state index contributed by atoms with van der Waals surface area (Å²) < 4.78 is 0. The SMILES string of the molecule is CCNCc1cnc(N2CCC(C(C)C)CC2)s1. The predicted octanol–water partition coefficient (Wildman–Crippen LogP) is 3.13. The van der Waals surface area contributed by atoms with Crippen molar-refractivity contribution in [2.24, 2.45) is 11.8 Å². The molecule has 1 N–H and O–H groups in total.